The number of ether oxygens (including phenoxy) is 1. The van der Waals surface area contributed by atoms with Crippen molar-refractivity contribution in [1.82, 2.24) is 0 Å². The Bertz CT molecular complexity index is 523. The number of carbonyl (C=O) groups excluding carboxylic acids is 2. The smallest absolute Gasteiger partial charge is 0.311 e. The number of Topliss-reactive ketones (excluding diaryl/α,β-unsaturated/α-hetero) is 1. The van der Waals surface area contributed by atoms with Gasteiger partial charge >= 0.3 is 5.97 Å². The third-order valence-electron chi connectivity index (χ3n) is 3.06. The number of aromatic hydroxyl groups is 1. The molecule has 0 aliphatic carbocycles. The van der Waals surface area contributed by atoms with Crippen LogP contribution in [0.2, 0.25) is 0 Å². The largest absolute Gasteiger partial charge is 0.504 e. The van der Waals surface area contributed by atoms with Gasteiger partial charge in [0.05, 0.1) is 6.04 Å². The zero-order valence-corrected chi connectivity index (χ0v) is 12.9. The van der Waals surface area contributed by atoms with Gasteiger partial charge in [-0.2, -0.15) is 0 Å². The lowest BCUT2D eigenvalue weighted by molar-refractivity contribution is -0.135. The summed E-state index contributed by atoms with van der Waals surface area (Å²) in [6.07, 6.45) is 0.262. The second-order valence-corrected chi connectivity index (χ2v) is 5.89. The van der Waals surface area contributed by atoms with Gasteiger partial charge in [-0.1, -0.05) is 27.7 Å². The van der Waals surface area contributed by atoms with E-state index >= 15 is 0 Å². The Balaban J connectivity index is 2.86. The molecule has 1 rings (SSSR count). The van der Waals surface area contributed by atoms with E-state index in [1.807, 2.05) is 27.7 Å². The molecule has 5 nitrogen and oxygen atoms in total. The Morgan fingerprint density at radius 2 is 1.86 bits per heavy atom. The molecular formula is C16H23NO4. The second-order valence-electron chi connectivity index (χ2n) is 5.89. The molecule has 1 atom stereocenters. The number of hydrogen-bond acceptors (Lipinski definition) is 5. The van der Waals surface area contributed by atoms with Gasteiger partial charge in [0, 0.05) is 12.0 Å². The lowest BCUT2D eigenvalue weighted by Crippen LogP contribution is -2.35. The Kier molecular flexibility index (Phi) is 5.90. The summed E-state index contributed by atoms with van der Waals surface area (Å²) in [6.45, 7) is 7.50. The van der Waals surface area contributed by atoms with Crippen molar-refractivity contribution in [3.05, 3.63) is 23.8 Å². The highest BCUT2D eigenvalue weighted by molar-refractivity contribution is 6.00. The zero-order chi connectivity index (χ0) is 16.2. The minimum Gasteiger partial charge on any atom is -0.504 e. The highest BCUT2D eigenvalue weighted by Gasteiger charge is 2.20. The predicted molar refractivity (Wildman–Crippen MR) is 80.3 cm³/mol. The minimum absolute atomic E-state index is 0.00295. The third-order valence-corrected chi connectivity index (χ3v) is 3.06. The number of carbonyl (C=O) groups is 2. The number of phenolic OH excluding ortho intramolecular Hbond substituents is 1. The summed E-state index contributed by atoms with van der Waals surface area (Å²) in [7, 11) is 0. The molecule has 1 unspecified atom stereocenters. The van der Waals surface area contributed by atoms with Crippen molar-refractivity contribution in [2.24, 2.45) is 17.6 Å². The van der Waals surface area contributed by atoms with Gasteiger partial charge in [-0.25, -0.2) is 0 Å². The maximum atomic E-state index is 12.1. The fourth-order valence-electron chi connectivity index (χ4n) is 1.75. The molecule has 0 fully saturated rings. The molecule has 0 heterocycles. The first-order valence-corrected chi connectivity index (χ1v) is 7.05. The van der Waals surface area contributed by atoms with Crippen LogP contribution in [0.15, 0.2) is 18.2 Å². The minimum atomic E-state index is -0.626. The van der Waals surface area contributed by atoms with Gasteiger partial charge in [0.2, 0.25) is 0 Å². The molecule has 0 aromatic heterocycles. The summed E-state index contributed by atoms with van der Waals surface area (Å²) in [5, 5.41) is 9.87. The molecule has 0 spiro atoms. The van der Waals surface area contributed by atoms with Gasteiger partial charge in [-0.15, -0.1) is 0 Å². The van der Waals surface area contributed by atoms with Crippen LogP contribution in [-0.4, -0.2) is 22.9 Å². The summed E-state index contributed by atoms with van der Waals surface area (Å²) >= 11 is 0. The van der Waals surface area contributed by atoms with Crippen LogP contribution in [0, 0.1) is 11.8 Å². The maximum Gasteiger partial charge on any atom is 0.311 e. The molecule has 5 heteroatoms. The summed E-state index contributed by atoms with van der Waals surface area (Å²) < 4.78 is 5.07. The van der Waals surface area contributed by atoms with E-state index in [2.05, 4.69) is 0 Å². The zero-order valence-electron chi connectivity index (χ0n) is 12.9. The van der Waals surface area contributed by atoms with Gasteiger partial charge in [0.15, 0.2) is 17.3 Å². The van der Waals surface area contributed by atoms with Gasteiger partial charge in [-0.05, 0) is 30.0 Å². The number of esters is 1. The fraction of sp³-hybridized carbons (Fsp3) is 0.500. The van der Waals surface area contributed by atoms with E-state index < -0.39 is 12.0 Å². The Morgan fingerprint density at radius 1 is 1.24 bits per heavy atom. The van der Waals surface area contributed by atoms with Gasteiger partial charge < -0.3 is 15.6 Å². The first-order valence-electron chi connectivity index (χ1n) is 7.05. The van der Waals surface area contributed by atoms with Gasteiger partial charge in [0.25, 0.3) is 0 Å². The third kappa shape index (κ3) is 4.86. The number of phenols is 1. The Morgan fingerprint density at radius 3 is 2.33 bits per heavy atom. The van der Waals surface area contributed by atoms with E-state index in [9.17, 15) is 14.7 Å². The highest BCUT2D eigenvalue weighted by Crippen LogP contribution is 2.28. The van der Waals surface area contributed by atoms with E-state index in [1.54, 1.807) is 0 Å². The molecule has 0 amide bonds. The highest BCUT2D eigenvalue weighted by atomic mass is 16.5. The number of benzene rings is 1. The van der Waals surface area contributed by atoms with Crippen molar-refractivity contribution in [3.63, 3.8) is 0 Å². The molecular weight excluding hydrogens is 270 g/mol. The standard InChI is InChI=1S/C16H23NO4/c1-9(2)7-14(19)21-13-6-5-11(8-12(13)18)16(20)15(17)10(3)4/h5-6,8-10,15,18H,7,17H2,1-4H3. The predicted octanol–water partition coefficient (Wildman–Crippen LogP) is 2.51. The molecule has 0 saturated carbocycles. The maximum absolute atomic E-state index is 12.1. The SMILES string of the molecule is CC(C)CC(=O)Oc1ccc(C(=O)C(N)C(C)C)cc1O. The summed E-state index contributed by atoms with van der Waals surface area (Å²) in [5.74, 6) is -0.685. The molecule has 21 heavy (non-hydrogen) atoms. The summed E-state index contributed by atoms with van der Waals surface area (Å²) in [6, 6.07) is 3.57. The summed E-state index contributed by atoms with van der Waals surface area (Å²) in [4.78, 5) is 23.6. The topological polar surface area (TPSA) is 89.6 Å². The van der Waals surface area contributed by atoms with E-state index in [0.717, 1.165) is 0 Å². The van der Waals surface area contributed by atoms with Crippen molar-refractivity contribution in [1.29, 1.82) is 0 Å². The van der Waals surface area contributed by atoms with Crippen molar-refractivity contribution >= 4 is 11.8 Å². The van der Waals surface area contributed by atoms with Gasteiger partial charge in [0.1, 0.15) is 0 Å². The monoisotopic (exact) mass is 293 g/mol. The quantitative estimate of drug-likeness (QED) is 0.478. The number of ketones is 1. The Labute approximate surface area is 125 Å². The molecule has 0 aliphatic rings. The molecule has 1 aromatic carbocycles. The van der Waals surface area contributed by atoms with E-state index in [0.29, 0.717) is 5.56 Å². The summed E-state index contributed by atoms with van der Waals surface area (Å²) in [5.41, 5.74) is 6.10. The number of nitrogens with two attached hydrogens (primary N) is 1. The van der Waals surface area contributed by atoms with Crippen LogP contribution in [0.1, 0.15) is 44.5 Å². The van der Waals surface area contributed by atoms with Crippen molar-refractivity contribution in [3.8, 4) is 11.5 Å². The normalized spacial score (nSPS) is 12.5. The Hall–Kier alpha value is -1.88. The van der Waals surface area contributed by atoms with E-state index in [4.69, 9.17) is 10.5 Å². The van der Waals surface area contributed by atoms with Crippen LogP contribution < -0.4 is 10.5 Å². The molecule has 1 aromatic rings. The van der Waals surface area contributed by atoms with Crippen LogP contribution in [0.5, 0.6) is 11.5 Å². The first kappa shape index (κ1) is 17.2. The van der Waals surface area contributed by atoms with Crippen LogP contribution in [-0.2, 0) is 4.79 Å². The lowest BCUT2D eigenvalue weighted by Gasteiger charge is -2.15. The lowest BCUT2D eigenvalue weighted by atomic mass is 9.96. The average molecular weight is 293 g/mol. The molecule has 0 saturated heterocycles. The van der Waals surface area contributed by atoms with Crippen LogP contribution in [0.3, 0.4) is 0 Å². The molecule has 0 radical (unpaired) electrons. The van der Waals surface area contributed by atoms with Crippen molar-refractivity contribution in [2.75, 3.05) is 0 Å². The van der Waals surface area contributed by atoms with Gasteiger partial charge in [-0.3, -0.25) is 9.59 Å². The second kappa shape index (κ2) is 7.22. The van der Waals surface area contributed by atoms with Crippen LogP contribution in [0.25, 0.3) is 0 Å². The number of rotatable bonds is 6. The van der Waals surface area contributed by atoms with E-state index in [1.165, 1.54) is 18.2 Å². The van der Waals surface area contributed by atoms with Crippen LogP contribution >= 0.6 is 0 Å². The van der Waals surface area contributed by atoms with Crippen molar-refractivity contribution in [2.45, 2.75) is 40.2 Å². The molecule has 116 valence electrons. The van der Waals surface area contributed by atoms with Crippen LogP contribution in [0.4, 0.5) is 0 Å². The number of hydrogen-bond donors (Lipinski definition) is 2. The molecule has 3 N–H and O–H groups in total. The molecule has 0 aliphatic heterocycles. The fourth-order valence-corrected chi connectivity index (χ4v) is 1.75. The average Bonchev–Trinajstić information content (AvgIpc) is 2.38. The van der Waals surface area contributed by atoms with Crippen molar-refractivity contribution < 1.29 is 19.4 Å². The first-order chi connectivity index (χ1) is 9.72. The van der Waals surface area contributed by atoms with E-state index in [-0.39, 0.29) is 35.5 Å². The molecule has 0 bridgehead atoms.